The van der Waals surface area contributed by atoms with Crippen LogP contribution in [0.15, 0.2) is 48.5 Å². The van der Waals surface area contributed by atoms with E-state index in [0.29, 0.717) is 30.8 Å². The molecule has 2 aromatic carbocycles. The topological polar surface area (TPSA) is 113 Å². The minimum absolute atomic E-state index is 0.153. The van der Waals surface area contributed by atoms with Gasteiger partial charge in [-0.2, -0.15) is 0 Å². The van der Waals surface area contributed by atoms with E-state index < -0.39 is 36.3 Å². The molecule has 1 heterocycles. The fourth-order valence-corrected chi connectivity index (χ4v) is 4.12. The van der Waals surface area contributed by atoms with Crippen molar-refractivity contribution in [2.45, 2.75) is 40.2 Å². The molecule has 3 rings (SSSR count). The Hall–Kier alpha value is -4.01. The van der Waals surface area contributed by atoms with E-state index in [1.165, 1.54) is 0 Å². The van der Waals surface area contributed by atoms with E-state index >= 15 is 0 Å². The number of carbonyl (C=O) groups is 5. The molecule has 36 heavy (non-hydrogen) atoms. The van der Waals surface area contributed by atoms with Crippen LogP contribution in [-0.4, -0.2) is 65.1 Å². The first-order chi connectivity index (χ1) is 17.2. The zero-order valence-electron chi connectivity index (χ0n) is 20.9. The van der Waals surface area contributed by atoms with Crippen LogP contribution >= 0.6 is 0 Å². The van der Waals surface area contributed by atoms with E-state index in [9.17, 15) is 24.0 Å². The van der Waals surface area contributed by atoms with Crippen molar-refractivity contribution in [3.63, 3.8) is 0 Å². The van der Waals surface area contributed by atoms with Gasteiger partial charge in [-0.1, -0.05) is 38.5 Å². The Morgan fingerprint density at radius 2 is 1.56 bits per heavy atom. The van der Waals surface area contributed by atoms with Crippen molar-refractivity contribution in [1.29, 1.82) is 0 Å². The number of nitrogens with one attached hydrogen (secondary N) is 1. The van der Waals surface area contributed by atoms with E-state index in [4.69, 9.17) is 4.74 Å². The van der Waals surface area contributed by atoms with Gasteiger partial charge in [0.25, 0.3) is 23.6 Å². The third kappa shape index (κ3) is 5.45. The lowest BCUT2D eigenvalue weighted by molar-refractivity contribution is -0.152. The van der Waals surface area contributed by atoms with Crippen LogP contribution in [0.2, 0.25) is 0 Å². The molecule has 0 fully saturated rings. The highest BCUT2D eigenvalue weighted by atomic mass is 16.5. The standard InChI is InChI=1S/C27H31N3O6/c1-5-17(4)23(30-25(33)20-13-8-9-14-21(20)26(30)34)27(35)36-16-22(31)28-19-12-10-11-18(15-19)24(32)29(6-2)7-3/h8-15,17,23H,5-7,16H2,1-4H3,(H,28,31)/t17-,23-/m0/s1. The van der Waals surface area contributed by atoms with Crippen LogP contribution < -0.4 is 5.32 Å². The molecule has 0 saturated carbocycles. The second-order valence-electron chi connectivity index (χ2n) is 8.57. The highest BCUT2D eigenvalue weighted by Gasteiger charge is 2.45. The smallest absolute Gasteiger partial charge is 0.330 e. The van der Waals surface area contributed by atoms with Crippen molar-refractivity contribution in [3.05, 3.63) is 65.2 Å². The molecule has 0 unspecified atom stereocenters. The quantitative estimate of drug-likeness (QED) is 0.401. The van der Waals surface area contributed by atoms with Gasteiger partial charge in [0, 0.05) is 24.3 Å². The largest absolute Gasteiger partial charge is 0.454 e. The van der Waals surface area contributed by atoms with Crippen molar-refractivity contribution in [1.82, 2.24) is 9.80 Å². The number of fused-ring (bicyclic) bond motifs is 1. The summed E-state index contributed by atoms with van der Waals surface area (Å²) in [5.41, 5.74) is 1.28. The number of hydrogen-bond acceptors (Lipinski definition) is 6. The van der Waals surface area contributed by atoms with Crippen LogP contribution in [0.4, 0.5) is 5.69 Å². The molecule has 1 N–H and O–H groups in total. The number of imide groups is 1. The minimum Gasteiger partial charge on any atom is -0.454 e. The molecule has 0 radical (unpaired) electrons. The van der Waals surface area contributed by atoms with E-state index in [-0.39, 0.29) is 23.0 Å². The molecule has 0 aromatic heterocycles. The summed E-state index contributed by atoms with van der Waals surface area (Å²) < 4.78 is 5.25. The summed E-state index contributed by atoms with van der Waals surface area (Å²) in [5.74, 6) is -3.10. The fraction of sp³-hybridized carbons (Fsp3) is 0.370. The minimum atomic E-state index is -1.16. The van der Waals surface area contributed by atoms with Crippen molar-refractivity contribution < 1.29 is 28.7 Å². The van der Waals surface area contributed by atoms with Gasteiger partial charge in [0.1, 0.15) is 6.04 Å². The van der Waals surface area contributed by atoms with Gasteiger partial charge in [-0.15, -0.1) is 0 Å². The van der Waals surface area contributed by atoms with E-state index in [1.54, 1.807) is 60.4 Å². The average molecular weight is 494 g/mol. The number of rotatable bonds is 10. The molecule has 1 aliphatic heterocycles. The van der Waals surface area contributed by atoms with Crippen LogP contribution in [0.1, 0.15) is 65.2 Å². The van der Waals surface area contributed by atoms with E-state index in [2.05, 4.69) is 5.32 Å². The Kier molecular flexibility index (Phi) is 8.58. The first kappa shape index (κ1) is 26.6. The summed E-state index contributed by atoms with van der Waals surface area (Å²) in [6.45, 7) is 7.87. The van der Waals surface area contributed by atoms with Crippen molar-refractivity contribution in [2.75, 3.05) is 25.0 Å². The highest BCUT2D eigenvalue weighted by Crippen LogP contribution is 2.28. The Morgan fingerprint density at radius 3 is 2.11 bits per heavy atom. The summed E-state index contributed by atoms with van der Waals surface area (Å²) in [4.78, 5) is 66.5. The number of hydrogen-bond donors (Lipinski definition) is 1. The summed E-state index contributed by atoms with van der Waals surface area (Å²) in [5, 5.41) is 2.62. The first-order valence-electron chi connectivity index (χ1n) is 12.1. The summed E-state index contributed by atoms with van der Waals surface area (Å²) >= 11 is 0. The van der Waals surface area contributed by atoms with Crippen LogP contribution in [0, 0.1) is 5.92 Å². The van der Waals surface area contributed by atoms with Gasteiger partial charge in [-0.3, -0.25) is 24.1 Å². The molecule has 0 saturated heterocycles. The lowest BCUT2D eigenvalue weighted by Gasteiger charge is -2.28. The molecule has 0 bridgehead atoms. The number of esters is 1. The predicted molar refractivity (Wildman–Crippen MR) is 133 cm³/mol. The lowest BCUT2D eigenvalue weighted by Crippen LogP contribution is -2.49. The molecule has 0 aliphatic carbocycles. The number of amides is 4. The van der Waals surface area contributed by atoms with Crippen molar-refractivity contribution >= 4 is 35.3 Å². The molecule has 9 nitrogen and oxygen atoms in total. The molecule has 0 spiro atoms. The van der Waals surface area contributed by atoms with Crippen molar-refractivity contribution in [2.24, 2.45) is 5.92 Å². The molecule has 4 amide bonds. The van der Waals surface area contributed by atoms with Crippen LogP contribution in [0.3, 0.4) is 0 Å². The Bertz CT molecular complexity index is 1140. The molecule has 9 heteroatoms. The molecule has 190 valence electrons. The van der Waals surface area contributed by atoms with Crippen LogP contribution in [0.25, 0.3) is 0 Å². The average Bonchev–Trinajstić information content (AvgIpc) is 3.13. The summed E-state index contributed by atoms with van der Waals surface area (Å²) in [7, 11) is 0. The fourth-order valence-electron chi connectivity index (χ4n) is 4.12. The van der Waals surface area contributed by atoms with Crippen LogP contribution in [0.5, 0.6) is 0 Å². The summed E-state index contributed by atoms with van der Waals surface area (Å²) in [6.07, 6.45) is 0.507. The van der Waals surface area contributed by atoms with Gasteiger partial charge >= 0.3 is 5.97 Å². The lowest BCUT2D eigenvalue weighted by atomic mass is 9.97. The zero-order valence-corrected chi connectivity index (χ0v) is 20.9. The SMILES string of the molecule is CC[C@H](C)[C@@H](C(=O)OCC(=O)Nc1cccc(C(=O)N(CC)CC)c1)N1C(=O)c2ccccc2C1=O. The third-order valence-corrected chi connectivity index (χ3v) is 6.32. The number of anilines is 1. The highest BCUT2D eigenvalue weighted by molar-refractivity contribution is 6.22. The predicted octanol–water partition coefficient (Wildman–Crippen LogP) is 3.36. The number of carbonyl (C=O) groups excluding carboxylic acids is 5. The molecular weight excluding hydrogens is 462 g/mol. The second kappa shape index (κ2) is 11.6. The third-order valence-electron chi connectivity index (χ3n) is 6.32. The second-order valence-corrected chi connectivity index (χ2v) is 8.57. The maximum absolute atomic E-state index is 13.0. The molecule has 2 atom stereocenters. The Morgan fingerprint density at radius 1 is 0.944 bits per heavy atom. The van der Waals surface area contributed by atoms with Gasteiger partial charge in [0.05, 0.1) is 11.1 Å². The maximum atomic E-state index is 13.0. The number of ether oxygens (including phenoxy) is 1. The Labute approximate surface area is 210 Å². The van der Waals surface area contributed by atoms with E-state index in [0.717, 1.165) is 4.90 Å². The van der Waals surface area contributed by atoms with Gasteiger partial charge in [0.2, 0.25) is 0 Å². The first-order valence-corrected chi connectivity index (χ1v) is 12.1. The van der Waals surface area contributed by atoms with Gasteiger partial charge in [-0.05, 0) is 50.1 Å². The van der Waals surface area contributed by atoms with Gasteiger partial charge < -0.3 is 15.0 Å². The molecular formula is C27H31N3O6. The molecule has 2 aromatic rings. The van der Waals surface area contributed by atoms with Gasteiger partial charge in [-0.25, -0.2) is 4.79 Å². The van der Waals surface area contributed by atoms with E-state index in [1.807, 2.05) is 20.8 Å². The van der Waals surface area contributed by atoms with Crippen molar-refractivity contribution in [3.8, 4) is 0 Å². The molecule has 1 aliphatic rings. The van der Waals surface area contributed by atoms with Gasteiger partial charge in [0.15, 0.2) is 6.61 Å². The summed E-state index contributed by atoms with van der Waals surface area (Å²) in [6, 6.07) is 11.7. The van der Waals surface area contributed by atoms with Crippen LogP contribution in [-0.2, 0) is 14.3 Å². The zero-order chi connectivity index (χ0) is 26.4. The monoisotopic (exact) mass is 493 g/mol. The normalized spacial score (nSPS) is 14.2. The Balaban J connectivity index is 1.68. The number of nitrogens with zero attached hydrogens (tertiary/aromatic N) is 2. The maximum Gasteiger partial charge on any atom is 0.330 e. The number of benzene rings is 2.